The van der Waals surface area contributed by atoms with Crippen LogP contribution < -0.4 is 0 Å². The predicted octanol–water partition coefficient (Wildman–Crippen LogP) is 5.18. The third kappa shape index (κ3) is 3.58. The molecular weight excluding hydrogens is 436 g/mol. The molecule has 0 amide bonds. The lowest BCUT2D eigenvalue weighted by molar-refractivity contribution is 0.0553. The summed E-state index contributed by atoms with van der Waals surface area (Å²) in [4.78, 5) is 4.95. The van der Waals surface area contributed by atoms with E-state index >= 15 is 0 Å². The van der Waals surface area contributed by atoms with Crippen molar-refractivity contribution in [3.8, 4) is 17.3 Å². The molecule has 0 bridgehead atoms. The molecule has 0 spiro atoms. The van der Waals surface area contributed by atoms with Gasteiger partial charge in [-0.15, -0.1) is 5.10 Å². The number of nitrogens with zero attached hydrogens (tertiary/aromatic N) is 6. The fourth-order valence-electron chi connectivity index (χ4n) is 5.57. The normalized spacial score (nSPS) is 15.5. The summed E-state index contributed by atoms with van der Waals surface area (Å²) in [7, 11) is 1.91. The molecule has 4 heterocycles. The fourth-order valence-corrected chi connectivity index (χ4v) is 5.57. The van der Waals surface area contributed by atoms with Crippen LogP contribution in [0.5, 0.6) is 0 Å². The first-order valence-electron chi connectivity index (χ1n) is 12.0. The Bertz CT molecular complexity index is 1550. The first-order chi connectivity index (χ1) is 17.2. The second-order valence-corrected chi connectivity index (χ2v) is 9.26. The minimum atomic E-state index is 0.0943. The van der Waals surface area contributed by atoms with E-state index in [0.717, 1.165) is 64.9 Å². The number of pyridine rings is 1. The average Bonchev–Trinajstić information content (AvgIpc) is 3.41. The Kier molecular flexibility index (Phi) is 5.31. The van der Waals surface area contributed by atoms with Gasteiger partial charge in [-0.25, -0.2) is 4.68 Å². The van der Waals surface area contributed by atoms with E-state index < -0.39 is 0 Å². The van der Waals surface area contributed by atoms with Crippen LogP contribution in [0.15, 0.2) is 60.8 Å². The summed E-state index contributed by atoms with van der Waals surface area (Å²) in [5, 5.41) is 19.2. The van der Waals surface area contributed by atoms with Gasteiger partial charge in [0, 0.05) is 37.4 Å². The van der Waals surface area contributed by atoms with Gasteiger partial charge < -0.3 is 9.30 Å². The molecule has 1 aliphatic rings. The zero-order chi connectivity index (χ0) is 23.9. The Balaban J connectivity index is 1.69. The van der Waals surface area contributed by atoms with Crippen molar-refractivity contribution in [1.82, 2.24) is 24.5 Å². The molecule has 1 aliphatic heterocycles. The molecule has 0 N–H and O–H groups in total. The number of aryl methyl sites for hydroxylation is 2. The zero-order valence-corrected chi connectivity index (χ0v) is 19.8. The minimum absolute atomic E-state index is 0.0943. The molecule has 1 saturated heterocycles. The van der Waals surface area contributed by atoms with Gasteiger partial charge in [-0.05, 0) is 55.5 Å². The first-order valence-corrected chi connectivity index (χ1v) is 12.0. The van der Waals surface area contributed by atoms with Crippen molar-refractivity contribution in [1.29, 1.82) is 5.26 Å². The summed E-state index contributed by atoms with van der Waals surface area (Å²) in [5.41, 5.74) is 7.72. The van der Waals surface area contributed by atoms with Crippen molar-refractivity contribution in [2.75, 3.05) is 13.2 Å². The Hall–Kier alpha value is -4.02. The van der Waals surface area contributed by atoms with Gasteiger partial charge in [0.25, 0.3) is 0 Å². The van der Waals surface area contributed by atoms with Gasteiger partial charge in [0.1, 0.15) is 0 Å². The van der Waals surface area contributed by atoms with E-state index in [2.05, 4.69) is 57.3 Å². The van der Waals surface area contributed by atoms with Crippen LogP contribution in [0.25, 0.3) is 33.2 Å². The highest BCUT2D eigenvalue weighted by molar-refractivity contribution is 6.07. The van der Waals surface area contributed by atoms with E-state index in [1.807, 2.05) is 38.4 Å². The van der Waals surface area contributed by atoms with E-state index in [1.54, 1.807) is 4.68 Å². The molecule has 6 rings (SSSR count). The molecule has 2 aromatic carbocycles. The van der Waals surface area contributed by atoms with Crippen LogP contribution in [0, 0.1) is 24.2 Å². The quantitative estimate of drug-likeness (QED) is 0.368. The molecule has 1 fully saturated rings. The molecule has 35 heavy (non-hydrogen) atoms. The van der Waals surface area contributed by atoms with Crippen LogP contribution in [-0.4, -0.2) is 37.8 Å². The molecule has 174 valence electrons. The lowest BCUT2D eigenvalue weighted by Crippen LogP contribution is -2.26. The Morgan fingerprint density at radius 2 is 1.86 bits per heavy atom. The molecule has 1 atom stereocenters. The molecule has 5 aromatic rings. The second kappa shape index (κ2) is 8.64. The number of hydrogen-bond donors (Lipinski definition) is 0. The summed E-state index contributed by atoms with van der Waals surface area (Å²) in [6.45, 7) is 3.49. The number of hydrogen-bond acceptors (Lipinski definition) is 5. The Labute approximate surface area is 203 Å². The number of ether oxygens (including phenoxy) is 1. The topological polar surface area (TPSA) is 81.5 Å². The van der Waals surface area contributed by atoms with Crippen molar-refractivity contribution in [3.05, 3.63) is 77.6 Å². The maximum absolute atomic E-state index is 9.69. The molecule has 7 nitrogen and oxygen atoms in total. The molecule has 0 aliphatic carbocycles. The van der Waals surface area contributed by atoms with Crippen LogP contribution in [0.3, 0.4) is 0 Å². The van der Waals surface area contributed by atoms with Crippen LogP contribution in [-0.2, 0) is 11.8 Å². The maximum atomic E-state index is 9.69. The summed E-state index contributed by atoms with van der Waals surface area (Å²) in [6, 6.07) is 21.2. The third-order valence-electron chi connectivity index (χ3n) is 7.17. The predicted molar refractivity (Wildman–Crippen MR) is 135 cm³/mol. The number of aromatic nitrogens is 5. The van der Waals surface area contributed by atoms with Gasteiger partial charge in [0.2, 0.25) is 0 Å². The standard InChI is InChI=1S/C28H26N6O/c1-18-27(33(2)32-31-18)22-15-25-26(30-17-22)23-9-8-19(16-29)14-24(23)34(25)28(20-6-4-3-5-7-20)21-10-12-35-13-11-21/h3-9,14-15,17,21,28H,10-13H2,1-2H3/t28-/m1/s1. The zero-order valence-electron chi connectivity index (χ0n) is 19.8. The van der Waals surface area contributed by atoms with Crippen LogP contribution in [0.4, 0.5) is 0 Å². The monoisotopic (exact) mass is 462 g/mol. The largest absolute Gasteiger partial charge is 0.381 e. The molecule has 3 aromatic heterocycles. The molecular formula is C28H26N6O. The van der Waals surface area contributed by atoms with E-state index in [1.165, 1.54) is 5.56 Å². The highest BCUT2D eigenvalue weighted by Crippen LogP contribution is 2.41. The van der Waals surface area contributed by atoms with E-state index in [4.69, 9.17) is 9.72 Å². The average molecular weight is 463 g/mol. The van der Waals surface area contributed by atoms with Gasteiger partial charge in [-0.2, -0.15) is 5.26 Å². The molecule has 7 heteroatoms. The first kappa shape index (κ1) is 21.5. The number of nitriles is 1. The second-order valence-electron chi connectivity index (χ2n) is 9.26. The van der Waals surface area contributed by atoms with Gasteiger partial charge in [-0.3, -0.25) is 4.98 Å². The summed E-state index contributed by atoms with van der Waals surface area (Å²) >= 11 is 0. The fraction of sp³-hybridized carbons (Fsp3) is 0.286. The smallest absolute Gasteiger partial charge is 0.0992 e. The number of benzene rings is 2. The van der Waals surface area contributed by atoms with E-state index in [9.17, 15) is 5.26 Å². The Morgan fingerprint density at radius 1 is 1.06 bits per heavy atom. The van der Waals surface area contributed by atoms with Gasteiger partial charge in [0.15, 0.2) is 0 Å². The van der Waals surface area contributed by atoms with E-state index in [-0.39, 0.29) is 6.04 Å². The lowest BCUT2D eigenvalue weighted by atomic mass is 9.86. The van der Waals surface area contributed by atoms with Gasteiger partial charge in [0.05, 0.1) is 45.6 Å². The van der Waals surface area contributed by atoms with Crippen LogP contribution in [0.2, 0.25) is 0 Å². The summed E-state index contributed by atoms with van der Waals surface area (Å²) in [5.74, 6) is 0.402. The van der Waals surface area contributed by atoms with Crippen molar-refractivity contribution in [3.63, 3.8) is 0 Å². The Morgan fingerprint density at radius 3 is 2.57 bits per heavy atom. The van der Waals surface area contributed by atoms with Crippen molar-refractivity contribution >= 4 is 21.9 Å². The highest BCUT2D eigenvalue weighted by Gasteiger charge is 2.30. The maximum Gasteiger partial charge on any atom is 0.0992 e. The summed E-state index contributed by atoms with van der Waals surface area (Å²) in [6.07, 6.45) is 3.87. The molecule has 0 radical (unpaired) electrons. The number of rotatable bonds is 4. The SMILES string of the molecule is Cc1nnn(C)c1-c1cnc2c3ccc(C#N)cc3n([C@H](c3ccccc3)C3CCOCC3)c2c1. The molecule has 0 saturated carbocycles. The minimum Gasteiger partial charge on any atom is -0.381 e. The number of fused-ring (bicyclic) bond motifs is 3. The van der Waals surface area contributed by atoms with Gasteiger partial charge >= 0.3 is 0 Å². The van der Waals surface area contributed by atoms with E-state index in [0.29, 0.717) is 11.5 Å². The van der Waals surface area contributed by atoms with Crippen molar-refractivity contribution in [2.45, 2.75) is 25.8 Å². The van der Waals surface area contributed by atoms with Gasteiger partial charge in [-0.1, -0.05) is 35.5 Å². The summed E-state index contributed by atoms with van der Waals surface area (Å²) < 4.78 is 9.93. The van der Waals surface area contributed by atoms with Crippen LogP contribution >= 0.6 is 0 Å². The van der Waals surface area contributed by atoms with Crippen molar-refractivity contribution < 1.29 is 4.74 Å². The van der Waals surface area contributed by atoms with Crippen molar-refractivity contribution in [2.24, 2.45) is 13.0 Å². The highest BCUT2D eigenvalue weighted by atomic mass is 16.5. The van der Waals surface area contributed by atoms with Crippen LogP contribution in [0.1, 0.15) is 35.7 Å². The lowest BCUT2D eigenvalue weighted by Gasteiger charge is -2.33. The molecule has 0 unspecified atom stereocenters. The third-order valence-corrected chi connectivity index (χ3v) is 7.17.